The Balaban J connectivity index is 1.55. The lowest BCUT2D eigenvalue weighted by Crippen LogP contribution is -2.41. The first-order valence-corrected chi connectivity index (χ1v) is 11.8. The Bertz CT molecular complexity index is 1120. The van der Waals surface area contributed by atoms with Crippen LogP contribution in [0, 0.1) is 0 Å². The number of carbonyl (C=O) groups excluding carboxylic acids is 3. The number of nitrogens with one attached hydrogen (secondary N) is 2. The molecule has 0 aromatic heterocycles. The lowest BCUT2D eigenvalue weighted by Gasteiger charge is -2.21. The van der Waals surface area contributed by atoms with Gasteiger partial charge >= 0.3 is 0 Å². The number of sulfonamides is 1. The smallest absolute Gasteiger partial charge is 0.261 e. The van der Waals surface area contributed by atoms with E-state index in [1.54, 1.807) is 63.2 Å². The molecule has 1 heterocycles. The van der Waals surface area contributed by atoms with E-state index in [0.717, 1.165) is 4.90 Å². The van der Waals surface area contributed by atoms with Crippen molar-refractivity contribution in [3.63, 3.8) is 0 Å². The average molecular weight is 458 g/mol. The van der Waals surface area contributed by atoms with E-state index >= 15 is 0 Å². The summed E-state index contributed by atoms with van der Waals surface area (Å²) in [6.07, 6.45) is 0.408. The fraction of sp³-hybridized carbons (Fsp3) is 0.348. The number of imide groups is 1. The van der Waals surface area contributed by atoms with Crippen molar-refractivity contribution in [1.29, 1.82) is 0 Å². The SMILES string of the molecule is CC(C)(C)NS(=O)(=O)c1ccccc1CNC(=O)CCCN1C(=O)c2ccccc2C1=O. The second-order valence-corrected chi connectivity index (χ2v) is 10.3. The zero-order valence-electron chi connectivity index (χ0n) is 18.3. The van der Waals surface area contributed by atoms with Crippen LogP contribution in [0.5, 0.6) is 0 Å². The van der Waals surface area contributed by atoms with Gasteiger partial charge in [-0.2, -0.15) is 0 Å². The van der Waals surface area contributed by atoms with E-state index in [-0.39, 0.29) is 42.1 Å². The molecular formula is C23H27N3O5S. The van der Waals surface area contributed by atoms with E-state index in [1.807, 2.05) is 0 Å². The van der Waals surface area contributed by atoms with Crippen LogP contribution < -0.4 is 10.0 Å². The van der Waals surface area contributed by atoms with E-state index < -0.39 is 15.6 Å². The second kappa shape index (κ2) is 9.22. The summed E-state index contributed by atoms with van der Waals surface area (Å²) in [7, 11) is -3.75. The Morgan fingerprint density at radius 1 is 0.938 bits per heavy atom. The molecule has 3 rings (SSSR count). The minimum Gasteiger partial charge on any atom is -0.352 e. The molecule has 2 N–H and O–H groups in total. The van der Waals surface area contributed by atoms with E-state index in [4.69, 9.17) is 0 Å². The summed E-state index contributed by atoms with van der Waals surface area (Å²) >= 11 is 0. The normalized spacial score (nSPS) is 13.9. The molecular weight excluding hydrogens is 430 g/mol. The molecule has 0 spiro atoms. The molecule has 2 aromatic rings. The van der Waals surface area contributed by atoms with Gasteiger partial charge < -0.3 is 5.32 Å². The Kier molecular flexibility index (Phi) is 6.80. The molecule has 0 radical (unpaired) electrons. The van der Waals surface area contributed by atoms with Crippen molar-refractivity contribution in [2.75, 3.05) is 6.54 Å². The highest BCUT2D eigenvalue weighted by atomic mass is 32.2. The third-order valence-electron chi connectivity index (χ3n) is 4.84. The maximum atomic E-state index is 12.7. The molecule has 32 heavy (non-hydrogen) atoms. The monoisotopic (exact) mass is 457 g/mol. The van der Waals surface area contributed by atoms with Crippen molar-refractivity contribution < 1.29 is 22.8 Å². The van der Waals surface area contributed by atoms with Gasteiger partial charge in [-0.1, -0.05) is 30.3 Å². The van der Waals surface area contributed by atoms with Crippen LogP contribution in [0.15, 0.2) is 53.4 Å². The highest BCUT2D eigenvalue weighted by Gasteiger charge is 2.34. The minimum atomic E-state index is -3.75. The van der Waals surface area contributed by atoms with E-state index in [0.29, 0.717) is 23.1 Å². The molecule has 0 aliphatic carbocycles. The van der Waals surface area contributed by atoms with E-state index in [2.05, 4.69) is 10.0 Å². The second-order valence-electron chi connectivity index (χ2n) is 8.65. The van der Waals surface area contributed by atoms with Gasteiger partial charge in [-0.3, -0.25) is 19.3 Å². The largest absolute Gasteiger partial charge is 0.352 e. The van der Waals surface area contributed by atoms with Crippen molar-refractivity contribution in [3.05, 3.63) is 65.2 Å². The third kappa shape index (κ3) is 5.41. The maximum absolute atomic E-state index is 12.7. The lowest BCUT2D eigenvalue weighted by atomic mass is 10.1. The van der Waals surface area contributed by atoms with Gasteiger partial charge in [0.05, 0.1) is 16.0 Å². The predicted octanol–water partition coefficient (Wildman–Crippen LogP) is 2.46. The summed E-state index contributed by atoms with van der Waals surface area (Å²) in [5, 5.41) is 2.72. The summed E-state index contributed by atoms with van der Waals surface area (Å²) in [5.74, 6) is -0.995. The standard InChI is InChI=1S/C23H27N3O5S/c1-23(2,3)25-32(30,31)19-12-7-4-9-16(19)15-24-20(27)13-8-14-26-21(28)17-10-5-6-11-18(17)22(26)29/h4-7,9-12,25H,8,13-15H2,1-3H3,(H,24,27). The van der Waals surface area contributed by atoms with Gasteiger partial charge in [0.15, 0.2) is 0 Å². The van der Waals surface area contributed by atoms with Crippen molar-refractivity contribution in [1.82, 2.24) is 14.9 Å². The third-order valence-corrected chi connectivity index (χ3v) is 6.70. The first-order chi connectivity index (χ1) is 15.0. The molecule has 0 saturated carbocycles. The number of hydrogen-bond acceptors (Lipinski definition) is 5. The number of amides is 3. The molecule has 0 bridgehead atoms. The number of fused-ring (bicyclic) bond motifs is 1. The number of nitrogens with zero attached hydrogens (tertiary/aromatic N) is 1. The van der Waals surface area contributed by atoms with Crippen LogP contribution in [0.3, 0.4) is 0 Å². The summed E-state index contributed by atoms with van der Waals surface area (Å²) in [5.41, 5.74) is 0.587. The molecule has 9 heteroatoms. The number of benzene rings is 2. The quantitative estimate of drug-likeness (QED) is 0.592. The van der Waals surface area contributed by atoms with Crippen LogP contribution in [0.1, 0.15) is 59.9 Å². The summed E-state index contributed by atoms with van der Waals surface area (Å²) < 4.78 is 28.0. The Hall–Kier alpha value is -3.04. The zero-order chi connectivity index (χ0) is 23.5. The van der Waals surface area contributed by atoms with Gasteiger partial charge in [-0.15, -0.1) is 0 Å². The Labute approximate surface area is 188 Å². The zero-order valence-corrected chi connectivity index (χ0v) is 19.2. The first-order valence-electron chi connectivity index (χ1n) is 10.3. The van der Waals surface area contributed by atoms with Crippen molar-refractivity contribution in [2.45, 2.75) is 50.6 Å². The maximum Gasteiger partial charge on any atom is 0.261 e. The van der Waals surface area contributed by atoms with E-state index in [1.165, 1.54) is 6.07 Å². The predicted molar refractivity (Wildman–Crippen MR) is 119 cm³/mol. The molecule has 2 aromatic carbocycles. The van der Waals surface area contributed by atoms with E-state index in [9.17, 15) is 22.8 Å². The highest BCUT2D eigenvalue weighted by Crippen LogP contribution is 2.22. The van der Waals surface area contributed by atoms with Crippen molar-refractivity contribution in [2.24, 2.45) is 0 Å². The molecule has 1 aliphatic heterocycles. The fourth-order valence-electron chi connectivity index (χ4n) is 3.49. The van der Waals surface area contributed by atoms with Crippen LogP contribution >= 0.6 is 0 Å². The molecule has 8 nitrogen and oxygen atoms in total. The van der Waals surface area contributed by atoms with Crippen molar-refractivity contribution in [3.8, 4) is 0 Å². The Morgan fingerprint density at radius 2 is 1.50 bits per heavy atom. The number of hydrogen-bond donors (Lipinski definition) is 2. The van der Waals surface area contributed by atoms with Gasteiger partial charge in [0, 0.05) is 25.0 Å². The van der Waals surface area contributed by atoms with Crippen LogP contribution in [0.2, 0.25) is 0 Å². The lowest BCUT2D eigenvalue weighted by molar-refractivity contribution is -0.121. The summed E-state index contributed by atoms with van der Waals surface area (Å²) in [6.45, 7) is 5.45. The average Bonchev–Trinajstić information content (AvgIpc) is 2.96. The van der Waals surface area contributed by atoms with Gasteiger partial charge in [0.1, 0.15) is 0 Å². The van der Waals surface area contributed by atoms with Crippen molar-refractivity contribution >= 4 is 27.7 Å². The molecule has 170 valence electrons. The minimum absolute atomic E-state index is 0.0487. The molecule has 0 fully saturated rings. The van der Waals surface area contributed by atoms with Crippen LogP contribution in [0.4, 0.5) is 0 Å². The molecule has 0 unspecified atom stereocenters. The Morgan fingerprint density at radius 3 is 2.09 bits per heavy atom. The van der Waals surface area contributed by atoms with Crippen LogP contribution in [0.25, 0.3) is 0 Å². The summed E-state index contributed by atoms with van der Waals surface area (Å²) in [6, 6.07) is 13.1. The molecule has 0 saturated heterocycles. The number of carbonyl (C=O) groups is 3. The molecule has 3 amide bonds. The van der Waals surface area contributed by atoms with Crippen LogP contribution in [-0.2, 0) is 21.4 Å². The molecule has 1 aliphatic rings. The van der Waals surface area contributed by atoms with Gasteiger partial charge in [-0.05, 0) is 51.0 Å². The summed E-state index contributed by atoms with van der Waals surface area (Å²) in [4.78, 5) is 38.3. The van der Waals surface area contributed by atoms with Gasteiger partial charge in [0.25, 0.3) is 11.8 Å². The van der Waals surface area contributed by atoms with Gasteiger partial charge in [-0.25, -0.2) is 13.1 Å². The number of rotatable bonds is 8. The van der Waals surface area contributed by atoms with Gasteiger partial charge in [0.2, 0.25) is 15.9 Å². The van der Waals surface area contributed by atoms with Crippen LogP contribution in [-0.4, -0.2) is 43.1 Å². The highest BCUT2D eigenvalue weighted by molar-refractivity contribution is 7.89. The topological polar surface area (TPSA) is 113 Å². The first kappa shape index (κ1) is 23.6. The fourth-order valence-corrected chi connectivity index (χ4v) is 5.15. The molecule has 0 atom stereocenters.